The van der Waals surface area contributed by atoms with Gasteiger partial charge < -0.3 is 4.74 Å². The summed E-state index contributed by atoms with van der Waals surface area (Å²) in [4.78, 5) is 2.46. The summed E-state index contributed by atoms with van der Waals surface area (Å²) in [5.74, 6) is 0. The van der Waals surface area contributed by atoms with Crippen LogP contribution in [0.25, 0.3) is 0 Å². The predicted molar refractivity (Wildman–Crippen MR) is 75.9 cm³/mol. The zero-order valence-corrected chi connectivity index (χ0v) is 12.5. The lowest BCUT2D eigenvalue weighted by atomic mass is 9.78. The Bertz CT molecular complexity index is 333. The average molecular weight is 265 g/mol. The van der Waals surface area contributed by atoms with Gasteiger partial charge in [0, 0.05) is 24.7 Å². The number of hydrogen-bond acceptors (Lipinski definition) is 4. The largest absolute Gasteiger partial charge is 0.380 e. The van der Waals surface area contributed by atoms with E-state index in [0.29, 0.717) is 18.1 Å². The van der Waals surface area contributed by atoms with E-state index in [1.807, 2.05) is 0 Å². The molecule has 3 atom stereocenters. The summed E-state index contributed by atoms with van der Waals surface area (Å²) in [6.45, 7) is 5.98. The first kappa shape index (κ1) is 14.8. The van der Waals surface area contributed by atoms with Crippen LogP contribution in [0.5, 0.6) is 0 Å². The number of nitriles is 1. The van der Waals surface area contributed by atoms with Gasteiger partial charge in [-0.15, -0.1) is 0 Å². The monoisotopic (exact) mass is 265 g/mol. The fourth-order valence-electron chi connectivity index (χ4n) is 3.55. The van der Waals surface area contributed by atoms with Crippen LogP contribution >= 0.6 is 0 Å². The Labute approximate surface area is 117 Å². The molecule has 0 bridgehead atoms. The third-order valence-electron chi connectivity index (χ3n) is 4.56. The zero-order chi connectivity index (χ0) is 13.9. The van der Waals surface area contributed by atoms with Crippen molar-refractivity contribution in [2.45, 2.75) is 69.6 Å². The number of nitrogens with one attached hydrogen (secondary N) is 1. The molecule has 108 valence electrons. The van der Waals surface area contributed by atoms with Crippen LogP contribution in [0.15, 0.2) is 0 Å². The molecule has 0 radical (unpaired) electrons. The first-order chi connectivity index (χ1) is 9.06. The number of ether oxygens (including phenoxy) is 1. The van der Waals surface area contributed by atoms with Gasteiger partial charge in [0.2, 0.25) is 0 Å². The standard InChI is InChI=1S/C15H27N3O/c1-12(2)17-15(11-16)7-4-5-13(9-15)18(3)14-6-8-19-10-14/h12-14,17H,4-10H2,1-3H3. The van der Waals surface area contributed by atoms with Crippen molar-refractivity contribution < 1.29 is 4.74 Å². The number of nitrogens with zero attached hydrogens (tertiary/aromatic N) is 2. The van der Waals surface area contributed by atoms with E-state index in [-0.39, 0.29) is 5.54 Å². The minimum absolute atomic E-state index is 0.329. The van der Waals surface area contributed by atoms with E-state index in [9.17, 15) is 5.26 Å². The number of likely N-dealkylation sites (N-methyl/N-ethyl adjacent to an activating group) is 1. The predicted octanol–water partition coefficient (Wildman–Crippen LogP) is 1.91. The Morgan fingerprint density at radius 1 is 1.37 bits per heavy atom. The van der Waals surface area contributed by atoms with Crippen LogP contribution in [-0.2, 0) is 4.74 Å². The van der Waals surface area contributed by atoms with Crippen molar-refractivity contribution in [3.05, 3.63) is 0 Å². The molecule has 1 saturated heterocycles. The fourth-order valence-corrected chi connectivity index (χ4v) is 3.55. The van der Waals surface area contributed by atoms with E-state index in [2.05, 4.69) is 37.2 Å². The lowest BCUT2D eigenvalue weighted by Gasteiger charge is -2.42. The molecule has 4 nitrogen and oxygen atoms in total. The second-order valence-corrected chi connectivity index (χ2v) is 6.43. The minimum Gasteiger partial charge on any atom is -0.380 e. The molecule has 1 aliphatic heterocycles. The summed E-state index contributed by atoms with van der Waals surface area (Å²) in [5.41, 5.74) is -0.329. The Balaban J connectivity index is 2.00. The molecule has 1 N–H and O–H groups in total. The molecular formula is C15H27N3O. The quantitative estimate of drug-likeness (QED) is 0.843. The van der Waals surface area contributed by atoms with E-state index in [0.717, 1.165) is 38.9 Å². The van der Waals surface area contributed by atoms with E-state index < -0.39 is 0 Å². The molecule has 19 heavy (non-hydrogen) atoms. The molecule has 2 aliphatic rings. The summed E-state index contributed by atoms with van der Waals surface area (Å²) in [7, 11) is 2.20. The van der Waals surface area contributed by atoms with Crippen LogP contribution in [0.2, 0.25) is 0 Å². The second-order valence-electron chi connectivity index (χ2n) is 6.43. The van der Waals surface area contributed by atoms with Gasteiger partial charge in [0.05, 0.1) is 12.7 Å². The highest BCUT2D eigenvalue weighted by molar-refractivity contribution is 5.12. The maximum atomic E-state index is 9.60. The van der Waals surface area contributed by atoms with Crippen molar-refractivity contribution in [1.29, 1.82) is 5.26 Å². The first-order valence-electron chi connectivity index (χ1n) is 7.55. The van der Waals surface area contributed by atoms with Gasteiger partial charge >= 0.3 is 0 Å². The van der Waals surface area contributed by atoms with E-state index in [1.165, 1.54) is 6.42 Å². The van der Waals surface area contributed by atoms with E-state index in [4.69, 9.17) is 4.74 Å². The molecule has 0 amide bonds. The maximum absolute atomic E-state index is 9.60. The molecule has 0 aromatic heterocycles. The second kappa shape index (κ2) is 6.21. The van der Waals surface area contributed by atoms with Crippen molar-refractivity contribution in [2.24, 2.45) is 0 Å². The van der Waals surface area contributed by atoms with Gasteiger partial charge in [-0.1, -0.05) is 0 Å². The highest BCUT2D eigenvalue weighted by atomic mass is 16.5. The molecule has 1 heterocycles. The SMILES string of the molecule is CC(C)NC1(C#N)CCCC(N(C)C2CCOC2)C1. The normalized spacial score (nSPS) is 35.8. The van der Waals surface area contributed by atoms with Gasteiger partial charge in [-0.3, -0.25) is 10.2 Å². The van der Waals surface area contributed by atoms with Crippen LogP contribution in [-0.4, -0.2) is 48.8 Å². The van der Waals surface area contributed by atoms with Crippen molar-refractivity contribution in [3.8, 4) is 6.07 Å². The van der Waals surface area contributed by atoms with Gasteiger partial charge in [-0.05, 0) is 53.0 Å². The molecule has 0 spiro atoms. The smallest absolute Gasteiger partial charge is 0.108 e. The highest BCUT2D eigenvalue weighted by Crippen LogP contribution is 2.32. The van der Waals surface area contributed by atoms with Crippen molar-refractivity contribution in [2.75, 3.05) is 20.3 Å². The molecule has 0 aromatic rings. The van der Waals surface area contributed by atoms with E-state index >= 15 is 0 Å². The fraction of sp³-hybridized carbons (Fsp3) is 0.933. The number of rotatable bonds is 4. The molecule has 2 fully saturated rings. The van der Waals surface area contributed by atoms with Crippen LogP contribution in [0.3, 0.4) is 0 Å². The summed E-state index contributed by atoms with van der Waals surface area (Å²) < 4.78 is 5.49. The van der Waals surface area contributed by atoms with Crippen molar-refractivity contribution >= 4 is 0 Å². The summed E-state index contributed by atoms with van der Waals surface area (Å²) in [6.07, 6.45) is 5.39. The third-order valence-corrected chi connectivity index (χ3v) is 4.56. The lowest BCUT2D eigenvalue weighted by molar-refractivity contribution is 0.0897. The van der Waals surface area contributed by atoms with Crippen LogP contribution in [0.1, 0.15) is 46.0 Å². The average Bonchev–Trinajstić information content (AvgIpc) is 2.91. The topological polar surface area (TPSA) is 48.3 Å². The molecule has 1 aliphatic carbocycles. The van der Waals surface area contributed by atoms with Gasteiger partial charge in [-0.2, -0.15) is 5.26 Å². The highest BCUT2D eigenvalue weighted by Gasteiger charge is 2.39. The summed E-state index contributed by atoms with van der Waals surface area (Å²) in [5, 5.41) is 13.1. The van der Waals surface area contributed by atoms with Crippen LogP contribution in [0, 0.1) is 11.3 Å². The molecule has 1 saturated carbocycles. The Kier molecular flexibility index (Phi) is 4.83. The third kappa shape index (κ3) is 3.47. The van der Waals surface area contributed by atoms with Crippen molar-refractivity contribution in [3.63, 3.8) is 0 Å². The van der Waals surface area contributed by atoms with Gasteiger partial charge in [0.1, 0.15) is 5.54 Å². The summed E-state index contributed by atoms with van der Waals surface area (Å²) in [6, 6.07) is 3.96. The molecule has 2 rings (SSSR count). The first-order valence-corrected chi connectivity index (χ1v) is 7.55. The van der Waals surface area contributed by atoms with Crippen LogP contribution < -0.4 is 5.32 Å². The summed E-state index contributed by atoms with van der Waals surface area (Å²) >= 11 is 0. The zero-order valence-electron chi connectivity index (χ0n) is 12.5. The molecular weight excluding hydrogens is 238 g/mol. The van der Waals surface area contributed by atoms with Crippen LogP contribution in [0.4, 0.5) is 0 Å². The minimum atomic E-state index is -0.329. The number of hydrogen-bond donors (Lipinski definition) is 1. The molecule has 3 unspecified atom stereocenters. The lowest BCUT2D eigenvalue weighted by Crippen LogP contribution is -2.55. The Hall–Kier alpha value is -0.630. The van der Waals surface area contributed by atoms with Gasteiger partial charge in [-0.25, -0.2) is 0 Å². The Morgan fingerprint density at radius 3 is 2.74 bits per heavy atom. The molecule has 0 aromatic carbocycles. The molecule has 4 heteroatoms. The van der Waals surface area contributed by atoms with E-state index in [1.54, 1.807) is 0 Å². The van der Waals surface area contributed by atoms with Gasteiger partial charge in [0.25, 0.3) is 0 Å². The maximum Gasteiger partial charge on any atom is 0.108 e. The van der Waals surface area contributed by atoms with Gasteiger partial charge in [0.15, 0.2) is 0 Å². The Morgan fingerprint density at radius 2 is 2.16 bits per heavy atom. The van der Waals surface area contributed by atoms with Crippen molar-refractivity contribution in [1.82, 2.24) is 10.2 Å².